The second-order valence-electron chi connectivity index (χ2n) is 5.80. The molecule has 0 aliphatic carbocycles. The van der Waals surface area contributed by atoms with E-state index >= 15 is 0 Å². The maximum Gasteiger partial charge on any atom is 0.255 e. The van der Waals surface area contributed by atoms with Gasteiger partial charge in [0.1, 0.15) is 5.75 Å². The van der Waals surface area contributed by atoms with Crippen LogP contribution in [0.2, 0.25) is 0 Å². The molecule has 0 bridgehead atoms. The Labute approximate surface area is 157 Å². The van der Waals surface area contributed by atoms with Crippen molar-refractivity contribution in [1.29, 1.82) is 0 Å². The number of nitrogens with one attached hydrogen (secondary N) is 2. The lowest BCUT2D eigenvalue weighted by Gasteiger charge is -2.07. The van der Waals surface area contributed by atoms with E-state index in [0.717, 1.165) is 17.1 Å². The van der Waals surface area contributed by atoms with Gasteiger partial charge in [0.15, 0.2) is 0 Å². The van der Waals surface area contributed by atoms with Crippen LogP contribution >= 0.6 is 11.8 Å². The zero-order valence-electron chi connectivity index (χ0n) is 14.8. The van der Waals surface area contributed by atoms with E-state index in [-0.39, 0.29) is 5.91 Å². The number of aromatic nitrogens is 2. The minimum atomic E-state index is -0.130. The predicted molar refractivity (Wildman–Crippen MR) is 105 cm³/mol. The summed E-state index contributed by atoms with van der Waals surface area (Å²) in [6, 6.07) is 15.9. The third kappa shape index (κ3) is 4.46. The van der Waals surface area contributed by atoms with Crippen LogP contribution in [0.1, 0.15) is 15.9 Å². The number of methoxy groups -OCH3 is 1. The molecule has 134 valence electrons. The predicted octanol–water partition coefficient (Wildman–Crippen LogP) is 3.92. The summed E-state index contributed by atoms with van der Waals surface area (Å²) in [6.45, 7) is 2.66. The Morgan fingerprint density at radius 1 is 1.15 bits per heavy atom. The molecular weight excluding hydrogens is 346 g/mol. The van der Waals surface area contributed by atoms with Gasteiger partial charge in [-0.15, -0.1) is 11.8 Å². The van der Waals surface area contributed by atoms with Crippen molar-refractivity contribution >= 4 is 17.7 Å². The van der Waals surface area contributed by atoms with E-state index in [1.54, 1.807) is 25.1 Å². The van der Waals surface area contributed by atoms with E-state index in [1.165, 1.54) is 10.5 Å². The van der Waals surface area contributed by atoms with Gasteiger partial charge in [-0.25, -0.2) is 0 Å². The molecule has 2 N–H and O–H groups in total. The van der Waals surface area contributed by atoms with Crippen molar-refractivity contribution in [1.82, 2.24) is 15.5 Å². The number of aryl methyl sites for hydroxylation is 1. The third-order valence-electron chi connectivity index (χ3n) is 3.94. The van der Waals surface area contributed by atoms with Crippen LogP contribution in [0, 0.1) is 6.92 Å². The molecule has 0 spiro atoms. The van der Waals surface area contributed by atoms with Crippen LogP contribution in [-0.4, -0.2) is 35.5 Å². The summed E-state index contributed by atoms with van der Waals surface area (Å²) in [6.07, 6.45) is 1.56. The molecule has 0 aliphatic rings. The van der Waals surface area contributed by atoms with Crippen molar-refractivity contribution in [2.45, 2.75) is 11.8 Å². The summed E-state index contributed by atoms with van der Waals surface area (Å²) in [7, 11) is 1.62. The third-order valence-corrected chi connectivity index (χ3v) is 4.95. The quantitative estimate of drug-likeness (QED) is 0.491. The number of hydrogen-bond acceptors (Lipinski definition) is 4. The molecule has 0 saturated heterocycles. The molecule has 1 aromatic heterocycles. The fraction of sp³-hybridized carbons (Fsp3) is 0.200. The Balaban J connectivity index is 1.56. The number of ether oxygens (including phenoxy) is 1. The molecule has 0 atom stereocenters. The van der Waals surface area contributed by atoms with Crippen molar-refractivity contribution in [3.05, 3.63) is 65.9 Å². The molecule has 3 aromatic rings. The van der Waals surface area contributed by atoms with E-state index in [4.69, 9.17) is 4.74 Å². The number of amides is 1. The minimum Gasteiger partial charge on any atom is -0.497 e. The first kappa shape index (κ1) is 18.1. The van der Waals surface area contributed by atoms with Crippen molar-refractivity contribution in [3.63, 3.8) is 0 Å². The van der Waals surface area contributed by atoms with Gasteiger partial charge in [0.05, 0.1) is 24.6 Å². The Kier molecular flexibility index (Phi) is 5.96. The maximum atomic E-state index is 12.5. The number of carbonyl (C=O) groups is 1. The van der Waals surface area contributed by atoms with Gasteiger partial charge < -0.3 is 10.1 Å². The lowest BCUT2D eigenvalue weighted by Crippen LogP contribution is -2.25. The average molecular weight is 367 g/mol. The van der Waals surface area contributed by atoms with Crippen LogP contribution in [0.3, 0.4) is 0 Å². The number of thioether (sulfide) groups is 1. The first-order chi connectivity index (χ1) is 12.7. The Morgan fingerprint density at radius 3 is 2.58 bits per heavy atom. The van der Waals surface area contributed by atoms with E-state index in [0.29, 0.717) is 17.8 Å². The van der Waals surface area contributed by atoms with E-state index in [1.807, 2.05) is 24.3 Å². The maximum absolute atomic E-state index is 12.5. The molecular formula is C20H21N3O2S. The summed E-state index contributed by atoms with van der Waals surface area (Å²) in [5.74, 6) is 1.45. The molecule has 0 aliphatic heterocycles. The minimum absolute atomic E-state index is 0.130. The van der Waals surface area contributed by atoms with Gasteiger partial charge in [-0.1, -0.05) is 17.7 Å². The number of carbonyl (C=O) groups excluding carboxylic acids is 1. The van der Waals surface area contributed by atoms with E-state index in [2.05, 4.69) is 46.7 Å². The lowest BCUT2D eigenvalue weighted by molar-refractivity contribution is 0.0957. The van der Waals surface area contributed by atoms with Gasteiger partial charge in [0.25, 0.3) is 5.91 Å². The second-order valence-corrected chi connectivity index (χ2v) is 6.97. The molecule has 1 heterocycles. The van der Waals surface area contributed by atoms with Gasteiger partial charge in [0.2, 0.25) is 0 Å². The van der Waals surface area contributed by atoms with E-state index < -0.39 is 0 Å². The molecule has 0 radical (unpaired) electrons. The molecule has 0 saturated carbocycles. The Hall–Kier alpha value is -2.73. The highest BCUT2D eigenvalue weighted by atomic mass is 32.2. The van der Waals surface area contributed by atoms with Gasteiger partial charge in [0, 0.05) is 22.8 Å². The largest absolute Gasteiger partial charge is 0.497 e. The molecule has 26 heavy (non-hydrogen) atoms. The molecule has 6 heteroatoms. The zero-order valence-corrected chi connectivity index (χ0v) is 15.6. The summed E-state index contributed by atoms with van der Waals surface area (Å²) >= 11 is 1.72. The fourth-order valence-corrected chi connectivity index (χ4v) is 3.27. The molecule has 2 aromatic carbocycles. The molecule has 0 fully saturated rings. The number of benzene rings is 2. The van der Waals surface area contributed by atoms with Crippen LogP contribution in [0.25, 0.3) is 11.3 Å². The van der Waals surface area contributed by atoms with Crippen LogP contribution in [0.4, 0.5) is 0 Å². The Morgan fingerprint density at radius 2 is 1.88 bits per heavy atom. The second kappa shape index (κ2) is 8.58. The van der Waals surface area contributed by atoms with Gasteiger partial charge >= 0.3 is 0 Å². The van der Waals surface area contributed by atoms with Crippen LogP contribution < -0.4 is 10.1 Å². The normalized spacial score (nSPS) is 10.5. The fourth-order valence-electron chi connectivity index (χ4n) is 2.50. The smallest absolute Gasteiger partial charge is 0.255 e. The van der Waals surface area contributed by atoms with Crippen LogP contribution in [0.5, 0.6) is 5.75 Å². The van der Waals surface area contributed by atoms with Crippen molar-refractivity contribution < 1.29 is 9.53 Å². The van der Waals surface area contributed by atoms with Crippen molar-refractivity contribution in [2.24, 2.45) is 0 Å². The van der Waals surface area contributed by atoms with Gasteiger partial charge in [-0.2, -0.15) is 5.10 Å². The SMILES string of the molecule is COc1ccc(-c2[nH]ncc2C(=O)NCCSc2ccc(C)cc2)cc1. The van der Waals surface area contributed by atoms with Crippen molar-refractivity contribution in [2.75, 3.05) is 19.4 Å². The number of rotatable bonds is 7. The summed E-state index contributed by atoms with van der Waals surface area (Å²) in [4.78, 5) is 13.7. The number of H-pyrrole nitrogens is 1. The molecule has 3 rings (SSSR count). The van der Waals surface area contributed by atoms with Gasteiger partial charge in [-0.3, -0.25) is 9.89 Å². The molecule has 1 amide bonds. The number of hydrogen-bond donors (Lipinski definition) is 2. The van der Waals surface area contributed by atoms with E-state index in [9.17, 15) is 4.79 Å². The first-order valence-electron chi connectivity index (χ1n) is 8.33. The lowest BCUT2D eigenvalue weighted by atomic mass is 10.1. The molecule has 0 unspecified atom stereocenters. The highest BCUT2D eigenvalue weighted by molar-refractivity contribution is 7.99. The monoisotopic (exact) mass is 367 g/mol. The zero-order chi connectivity index (χ0) is 18.4. The van der Waals surface area contributed by atoms with Crippen LogP contribution in [0.15, 0.2) is 59.6 Å². The summed E-state index contributed by atoms with van der Waals surface area (Å²) in [5.41, 5.74) is 3.38. The molecule has 5 nitrogen and oxygen atoms in total. The Bertz CT molecular complexity index is 858. The highest BCUT2D eigenvalue weighted by Gasteiger charge is 2.15. The average Bonchev–Trinajstić information content (AvgIpc) is 3.16. The topological polar surface area (TPSA) is 67.0 Å². The number of nitrogens with zero attached hydrogens (tertiary/aromatic N) is 1. The van der Waals surface area contributed by atoms with Crippen LogP contribution in [-0.2, 0) is 0 Å². The highest BCUT2D eigenvalue weighted by Crippen LogP contribution is 2.23. The van der Waals surface area contributed by atoms with Crippen molar-refractivity contribution in [3.8, 4) is 17.0 Å². The number of aromatic amines is 1. The first-order valence-corrected chi connectivity index (χ1v) is 9.31. The van der Waals surface area contributed by atoms with Gasteiger partial charge in [-0.05, 0) is 43.3 Å². The standard InChI is InChI=1S/C20H21N3O2S/c1-14-3-9-17(10-4-14)26-12-11-21-20(24)18-13-22-23-19(18)15-5-7-16(25-2)8-6-15/h3-10,13H,11-12H2,1-2H3,(H,21,24)(H,22,23). The summed E-state index contributed by atoms with van der Waals surface area (Å²) in [5, 5.41) is 9.88. The summed E-state index contributed by atoms with van der Waals surface area (Å²) < 4.78 is 5.17.